The van der Waals surface area contributed by atoms with Crippen LogP contribution in [0, 0.1) is 11.8 Å². The highest BCUT2D eigenvalue weighted by molar-refractivity contribution is 5.76. The number of amides is 1. The number of nitrogens with one attached hydrogen (secondary N) is 1. The Morgan fingerprint density at radius 1 is 1.38 bits per heavy atom. The van der Waals surface area contributed by atoms with Gasteiger partial charge in [-0.15, -0.1) is 0 Å². The maximum atomic E-state index is 11.6. The summed E-state index contributed by atoms with van der Waals surface area (Å²) in [6.07, 6.45) is 6.96. The van der Waals surface area contributed by atoms with Crippen LogP contribution in [0.1, 0.15) is 52.4 Å². The van der Waals surface area contributed by atoms with E-state index < -0.39 is 0 Å². The SMILES string of the molecule is CC(CO)C(C)NC(=O)CCC1CCCC1. The van der Waals surface area contributed by atoms with Gasteiger partial charge in [0.15, 0.2) is 0 Å². The molecule has 0 heterocycles. The number of hydrogen-bond donors (Lipinski definition) is 2. The van der Waals surface area contributed by atoms with Crippen LogP contribution in [0.25, 0.3) is 0 Å². The smallest absolute Gasteiger partial charge is 0.220 e. The minimum absolute atomic E-state index is 0.0704. The van der Waals surface area contributed by atoms with Crippen molar-refractivity contribution in [2.45, 2.75) is 58.4 Å². The van der Waals surface area contributed by atoms with Gasteiger partial charge in [0.1, 0.15) is 0 Å². The topological polar surface area (TPSA) is 49.3 Å². The predicted octanol–water partition coefficient (Wildman–Crippen LogP) is 2.09. The van der Waals surface area contributed by atoms with E-state index in [9.17, 15) is 4.79 Å². The minimum atomic E-state index is 0.0704. The van der Waals surface area contributed by atoms with E-state index in [4.69, 9.17) is 5.11 Å². The number of rotatable bonds is 6. The first-order valence-corrected chi connectivity index (χ1v) is 6.53. The van der Waals surface area contributed by atoms with Gasteiger partial charge < -0.3 is 10.4 Å². The Morgan fingerprint density at radius 3 is 2.56 bits per heavy atom. The molecule has 0 bridgehead atoms. The molecule has 1 amide bonds. The average Bonchev–Trinajstić information content (AvgIpc) is 2.78. The third-order valence-corrected chi connectivity index (χ3v) is 3.78. The molecule has 1 saturated carbocycles. The summed E-state index contributed by atoms with van der Waals surface area (Å²) < 4.78 is 0. The lowest BCUT2D eigenvalue weighted by Crippen LogP contribution is -2.38. The van der Waals surface area contributed by atoms with Crippen LogP contribution in [0.15, 0.2) is 0 Å². The Labute approximate surface area is 98.6 Å². The van der Waals surface area contributed by atoms with Crippen LogP contribution < -0.4 is 5.32 Å². The molecule has 94 valence electrons. The highest BCUT2D eigenvalue weighted by Gasteiger charge is 2.18. The zero-order chi connectivity index (χ0) is 12.0. The monoisotopic (exact) mass is 227 g/mol. The molecule has 0 spiro atoms. The first-order chi connectivity index (χ1) is 7.63. The van der Waals surface area contributed by atoms with Crippen LogP contribution in [0.5, 0.6) is 0 Å². The van der Waals surface area contributed by atoms with Crippen LogP contribution in [0.2, 0.25) is 0 Å². The lowest BCUT2D eigenvalue weighted by Gasteiger charge is -2.19. The number of aliphatic hydroxyl groups excluding tert-OH is 1. The zero-order valence-corrected chi connectivity index (χ0v) is 10.5. The molecule has 0 aromatic rings. The van der Waals surface area contributed by atoms with Gasteiger partial charge in [-0.05, 0) is 25.2 Å². The second-order valence-corrected chi connectivity index (χ2v) is 5.21. The molecule has 0 aromatic heterocycles. The average molecular weight is 227 g/mol. The quantitative estimate of drug-likeness (QED) is 0.730. The molecule has 16 heavy (non-hydrogen) atoms. The van der Waals surface area contributed by atoms with Crippen molar-refractivity contribution in [1.29, 1.82) is 0 Å². The van der Waals surface area contributed by atoms with E-state index in [1.165, 1.54) is 25.7 Å². The predicted molar refractivity (Wildman–Crippen MR) is 65.0 cm³/mol. The zero-order valence-electron chi connectivity index (χ0n) is 10.5. The molecular formula is C13H25NO2. The summed E-state index contributed by atoms with van der Waals surface area (Å²) in [6.45, 7) is 4.03. The lowest BCUT2D eigenvalue weighted by atomic mass is 10.0. The van der Waals surface area contributed by atoms with Gasteiger partial charge in [0, 0.05) is 19.1 Å². The minimum Gasteiger partial charge on any atom is -0.396 e. The summed E-state index contributed by atoms with van der Waals surface area (Å²) in [4.78, 5) is 11.6. The lowest BCUT2D eigenvalue weighted by molar-refractivity contribution is -0.122. The molecule has 1 aliphatic carbocycles. The number of carbonyl (C=O) groups excluding carboxylic acids is 1. The Hall–Kier alpha value is -0.570. The second-order valence-electron chi connectivity index (χ2n) is 5.21. The number of carbonyl (C=O) groups is 1. The van der Waals surface area contributed by atoms with Gasteiger partial charge in [0.2, 0.25) is 5.91 Å². The van der Waals surface area contributed by atoms with Gasteiger partial charge >= 0.3 is 0 Å². The van der Waals surface area contributed by atoms with E-state index in [-0.39, 0.29) is 24.5 Å². The maximum Gasteiger partial charge on any atom is 0.220 e. The van der Waals surface area contributed by atoms with Gasteiger partial charge in [-0.1, -0.05) is 32.6 Å². The van der Waals surface area contributed by atoms with E-state index in [1.807, 2.05) is 13.8 Å². The molecule has 3 nitrogen and oxygen atoms in total. The van der Waals surface area contributed by atoms with E-state index in [0.29, 0.717) is 6.42 Å². The molecule has 1 fully saturated rings. The van der Waals surface area contributed by atoms with Crippen molar-refractivity contribution in [1.82, 2.24) is 5.32 Å². The summed E-state index contributed by atoms with van der Waals surface area (Å²) in [5.74, 6) is 1.05. The van der Waals surface area contributed by atoms with E-state index in [0.717, 1.165) is 12.3 Å². The van der Waals surface area contributed by atoms with Crippen LogP contribution in [-0.2, 0) is 4.79 Å². The third kappa shape index (κ3) is 4.52. The van der Waals surface area contributed by atoms with Crippen molar-refractivity contribution in [3.8, 4) is 0 Å². The van der Waals surface area contributed by atoms with Crippen molar-refractivity contribution in [3.63, 3.8) is 0 Å². The van der Waals surface area contributed by atoms with Crippen molar-refractivity contribution in [3.05, 3.63) is 0 Å². The highest BCUT2D eigenvalue weighted by atomic mass is 16.3. The molecular weight excluding hydrogens is 202 g/mol. The largest absolute Gasteiger partial charge is 0.396 e. The molecule has 0 aliphatic heterocycles. The van der Waals surface area contributed by atoms with E-state index >= 15 is 0 Å². The van der Waals surface area contributed by atoms with Crippen molar-refractivity contribution in [2.75, 3.05) is 6.61 Å². The maximum absolute atomic E-state index is 11.6. The first kappa shape index (κ1) is 13.5. The fraction of sp³-hybridized carbons (Fsp3) is 0.923. The molecule has 1 aliphatic rings. The molecule has 3 heteroatoms. The van der Waals surface area contributed by atoms with Crippen LogP contribution in [0.3, 0.4) is 0 Å². The second kappa shape index (κ2) is 6.89. The molecule has 0 aromatic carbocycles. The molecule has 2 unspecified atom stereocenters. The Bertz CT molecular complexity index is 212. The molecule has 2 atom stereocenters. The van der Waals surface area contributed by atoms with Gasteiger partial charge in [0.05, 0.1) is 0 Å². The van der Waals surface area contributed by atoms with Crippen molar-refractivity contribution in [2.24, 2.45) is 11.8 Å². The normalized spacial score (nSPS) is 20.7. The standard InChI is InChI=1S/C13H25NO2/c1-10(9-15)11(2)14-13(16)8-7-12-5-3-4-6-12/h10-12,15H,3-9H2,1-2H3,(H,14,16). The first-order valence-electron chi connectivity index (χ1n) is 6.53. The van der Waals surface area contributed by atoms with E-state index in [2.05, 4.69) is 5.32 Å². The molecule has 0 radical (unpaired) electrons. The van der Waals surface area contributed by atoms with E-state index in [1.54, 1.807) is 0 Å². The Balaban J connectivity index is 2.14. The van der Waals surface area contributed by atoms with Crippen molar-refractivity contribution >= 4 is 5.91 Å². The summed E-state index contributed by atoms with van der Waals surface area (Å²) in [6, 6.07) is 0.0704. The molecule has 1 rings (SSSR count). The molecule has 0 saturated heterocycles. The summed E-state index contributed by atoms with van der Waals surface area (Å²) in [5.41, 5.74) is 0. The Kier molecular flexibility index (Phi) is 5.81. The van der Waals surface area contributed by atoms with Gasteiger partial charge in [-0.25, -0.2) is 0 Å². The third-order valence-electron chi connectivity index (χ3n) is 3.78. The fourth-order valence-corrected chi connectivity index (χ4v) is 2.26. The number of hydrogen-bond acceptors (Lipinski definition) is 2. The summed E-state index contributed by atoms with van der Waals surface area (Å²) in [5, 5.41) is 11.9. The van der Waals surface area contributed by atoms with Crippen molar-refractivity contribution < 1.29 is 9.90 Å². The highest BCUT2D eigenvalue weighted by Crippen LogP contribution is 2.28. The van der Waals surface area contributed by atoms with Crippen LogP contribution in [0.4, 0.5) is 0 Å². The summed E-state index contributed by atoms with van der Waals surface area (Å²) in [7, 11) is 0. The Morgan fingerprint density at radius 2 is 2.00 bits per heavy atom. The van der Waals surface area contributed by atoms with Gasteiger partial charge in [-0.3, -0.25) is 4.79 Å². The molecule has 2 N–H and O–H groups in total. The van der Waals surface area contributed by atoms with Gasteiger partial charge in [0.25, 0.3) is 0 Å². The summed E-state index contributed by atoms with van der Waals surface area (Å²) >= 11 is 0. The van der Waals surface area contributed by atoms with Crippen LogP contribution >= 0.6 is 0 Å². The van der Waals surface area contributed by atoms with Gasteiger partial charge in [-0.2, -0.15) is 0 Å². The fourth-order valence-electron chi connectivity index (χ4n) is 2.26. The number of aliphatic hydroxyl groups is 1. The van der Waals surface area contributed by atoms with Crippen LogP contribution in [-0.4, -0.2) is 23.7 Å².